The molecule has 3 aromatic carbocycles. The van der Waals surface area contributed by atoms with E-state index in [1.807, 2.05) is 49.5 Å². The highest BCUT2D eigenvalue weighted by molar-refractivity contribution is 5.98. The maximum absolute atomic E-state index is 13.0. The first-order valence-electron chi connectivity index (χ1n) is 14.6. The molecular weight excluding hydrogens is 575 g/mol. The Balaban J connectivity index is 1.28. The van der Waals surface area contributed by atoms with Crippen LogP contribution in [-0.4, -0.2) is 65.2 Å². The van der Waals surface area contributed by atoms with Crippen molar-refractivity contribution in [3.63, 3.8) is 0 Å². The Bertz CT molecular complexity index is 1400. The van der Waals surface area contributed by atoms with Crippen molar-refractivity contribution in [2.75, 3.05) is 25.5 Å². The third kappa shape index (κ3) is 7.84. The van der Waals surface area contributed by atoms with E-state index in [1.54, 1.807) is 24.3 Å². The molecule has 2 saturated heterocycles. The predicted molar refractivity (Wildman–Crippen MR) is 157 cm³/mol. The summed E-state index contributed by atoms with van der Waals surface area (Å²) in [5.74, 6) is -2.66. The number of aliphatic hydroxyl groups is 1. The Morgan fingerprint density at radius 2 is 1.64 bits per heavy atom. The summed E-state index contributed by atoms with van der Waals surface area (Å²) in [6.45, 7) is 1.24. The summed E-state index contributed by atoms with van der Waals surface area (Å²) < 4.78 is 51.8. The van der Waals surface area contributed by atoms with Crippen LogP contribution in [0.2, 0.25) is 0 Å². The number of hydrogen-bond donors (Lipinski definition) is 2. The van der Waals surface area contributed by atoms with Gasteiger partial charge in [-0.3, -0.25) is 14.5 Å². The second-order valence-corrected chi connectivity index (χ2v) is 11.3. The SMILES string of the molecule is CN(Cc1ccccc1)C[C@H]1C[C@@H](c2ccc(CO)cc2)O[C@@H](c2ccc(NC(=O)[C@@H]3CCCN3C(=O)C(F)(F)F)cc2)O1. The first kappa shape index (κ1) is 31.6. The van der Waals surface area contributed by atoms with Crippen molar-refractivity contribution in [2.24, 2.45) is 0 Å². The lowest BCUT2D eigenvalue weighted by atomic mass is 9.99. The summed E-state index contributed by atoms with van der Waals surface area (Å²) in [6.07, 6.45) is -5.06. The number of hydrogen-bond acceptors (Lipinski definition) is 6. The molecule has 2 fully saturated rings. The van der Waals surface area contributed by atoms with Crippen molar-refractivity contribution < 1.29 is 37.3 Å². The van der Waals surface area contributed by atoms with Gasteiger partial charge in [-0.1, -0.05) is 66.7 Å². The Hall–Kier alpha value is -3.77. The van der Waals surface area contributed by atoms with Crippen LogP contribution < -0.4 is 5.32 Å². The zero-order valence-corrected chi connectivity index (χ0v) is 24.4. The van der Waals surface area contributed by atoms with Crippen LogP contribution in [0.1, 0.15) is 53.9 Å². The van der Waals surface area contributed by atoms with Gasteiger partial charge >= 0.3 is 12.1 Å². The van der Waals surface area contributed by atoms with E-state index in [-0.39, 0.29) is 31.8 Å². The summed E-state index contributed by atoms with van der Waals surface area (Å²) in [7, 11) is 2.04. The molecule has 4 atom stereocenters. The second-order valence-electron chi connectivity index (χ2n) is 11.3. The van der Waals surface area contributed by atoms with E-state index in [9.17, 15) is 27.9 Å². The van der Waals surface area contributed by atoms with E-state index in [0.717, 1.165) is 17.7 Å². The van der Waals surface area contributed by atoms with Gasteiger partial charge in [-0.05, 0) is 48.7 Å². The molecule has 44 heavy (non-hydrogen) atoms. The summed E-state index contributed by atoms with van der Waals surface area (Å²) in [5, 5.41) is 12.1. The number of rotatable bonds is 9. The Labute approximate surface area is 254 Å². The summed E-state index contributed by atoms with van der Waals surface area (Å²) in [4.78, 5) is 27.4. The highest BCUT2D eigenvalue weighted by atomic mass is 19.4. The first-order valence-corrected chi connectivity index (χ1v) is 14.6. The Morgan fingerprint density at radius 1 is 0.955 bits per heavy atom. The van der Waals surface area contributed by atoms with E-state index < -0.39 is 30.3 Å². The number of nitrogens with one attached hydrogen (secondary N) is 1. The van der Waals surface area contributed by atoms with E-state index in [2.05, 4.69) is 22.3 Å². The molecule has 8 nitrogen and oxygen atoms in total. The quantitative estimate of drug-likeness (QED) is 0.339. The zero-order valence-electron chi connectivity index (χ0n) is 24.4. The van der Waals surface area contributed by atoms with Crippen LogP contribution in [0, 0.1) is 0 Å². The lowest BCUT2D eigenvalue weighted by molar-refractivity contribution is -0.252. The molecule has 0 radical (unpaired) electrons. The number of benzene rings is 3. The topological polar surface area (TPSA) is 91.3 Å². The molecular formula is C33H36F3N3O5. The number of nitrogens with zero attached hydrogens (tertiary/aromatic N) is 2. The average molecular weight is 612 g/mol. The molecule has 3 aromatic rings. The number of likely N-dealkylation sites (tertiary alicyclic amines) is 1. The van der Waals surface area contributed by atoms with Gasteiger partial charge in [0, 0.05) is 37.3 Å². The number of carbonyl (C=O) groups is 2. The molecule has 0 aromatic heterocycles. The monoisotopic (exact) mass is 611 g/mol. The second kappa shape index (κ2) is 13.9. The lowest BCUT2D eigenvalue weighted by Gasteiger charge is -2.38. The van der Waals surface area contributed by atoms with Crippen molar-refractivity contribution in [3.05, 3.63) is 101 Å². The van der Waals surface area contributed by atoms with Gasteiger partial charge < -0.3 is 24.8 Å². The van der Waals surface area contributed by atoms with E-state index >= 15 is 0 Å². The van der Waals surface area contributed by atoms with E-state index in [0.29, 0.717) is 35.5 Å². The highest BCUT2D eigenvalue weighted by Crippen LogP contribution is 2.38. The van der Waals surface area contributed by atoms with Crippen LogP contribution in [0.15, 0.2) is 78.9 Å². The molecule has 2 amide bonds. The molecule has 234 valence electrons. The van der Waals surface area contributed by atoms with Crippen molar-refractivity contribution in [1.29, 1.82) is 0 Å². The molecule has 2 aliphatic heterocycles. The number of anilines is 1. The largest absolute Gasteiger partial charge is 0.471 e. The van der Waals surface area contributed by atoms with Crippen LogP contribution in [0.5, 0.6) is 0 Å². The zero-order chi connectivity index (χ0) is 31.3. The normalized spacial score (nSPS) is 22.3. The van der Waals surface area contributed by atoms with Crippen LogP contribution in [0.25, 0.3) is 0 Å². The smallest absolute Gasteiger partial charge is 0.392 e. The van der Waals surface area contributed by atoms with Gasteiger partial charge in [0.1, 0.15) is 6.04 Å². The highest BCUT2D eigenvalue weighted by Gasteiger charge is 2.47. The van der Waals surface area contributed by atoms with Gasteiger partial charge in [-0.25, -0.2) is 0 Å². The first-order chi connectivity index (χ1) is 21.1. The minimum absolute atomic E-state index is 0.0508. The van der Waals surface area contributed by atoms with Crippen LogP contribution in [0.3, 0.4) is 0 Å². The number of amides is 2. The predicted octanol–water partition coefficient (Wildman–Crippen LogP) is 5.35. The molecule has 0 saturated carbocycles. The number of ether oxygens (including phenoxy) is 2. The minimum atomic E-state index is -5.03. The Morgan fingerprint density at radius 3 is 2.30 bits per heavy atom. The van der Waals surface area contributed by atoms with Crippen LogP contribution >= 0.6 is 0 Å². The van der Waals surface area contributed by atoms with E-state index in [4.69, 9.17) is 9.47 Å². The molecule has 2 N–H and O–H groups in total. The average Bonchev–Trinajstić information content (AvgIpc) is 3.51. The fraction of sp³-hybridized carbons (Fsp3) is 0.394. The number of halogens is 3. The lowest BCUT2D eigenvalue weighted by Crippen LogP contribution is -2.48. The molecule has 2 aliphatic rings. The van der Waals surface area contributed by atoms with Crippen molar-refractivity contribution in [1.82, 2.24) is 9.80 Å². The molecule has 5 rings (SSSR count). The maximum atomic E-state index is 13.0. The molecule has 0 bridgehead atoms. The standard InChI is InChI=1S/C33H36F3N3O5/c1-38(19-22-6-3-2-4-7-22)20-27-18-29(24-11-9-23(21-40)10-12-24)44-31(43-27)25-13-15-26(16-14-25)37-30(41)28-8-5-17-39(28)32(42)33(34,35)36/h2-4,6-7,9-16,27-29,31,40H,5,8,17-21H2,1H3,(H,37,41)/t27-,28+,29+,31+/m1/s1. The third-order valence-corrected chi connectivity index (χ3v) is 7.93. The third-order valence-electron chi connectivity index (χ3n) is 7.93. The number of alkyl halides is 3. The van der Waals surface area contributed by atoms with Gasteiger partial charge in [0.05, 0.1) is 18.8 Å². The molecule has 0 spiro atoms. The van der Waals surface area contributed by atoms with E-state index in [1.165, 1.54) is 5.56 Å². The van der Waals surface area contributed by atoms with Gasteiger partial charge in [0.15, 0.2) is 6.29 Å². The van der Waals surface area contributed by atoms with Crippen molar-refractivity contribution in [2.45, 2.75) is 63.1 Å². The number of carbonyl (C=O) groups excluding carboxylic acids is 2. The van der Waals surface area contributed by atoms with Gasteiger partial charge in [0.2, 0.25) is 5.91 Å². The number of likely N-dealkylation sites (N-methyl/N-ethyl adjacent to an activating group) is 1. The number of aliphatic hydroxyl groups excluding tert-OH is 1. The molecule has 0 unspecified atom stereocenters. The van der Waals surface area contributed by atoms with Gasteiger partial charge in [-0.2, -0.15) is 13.2 Å². The minimum Gasteiger partial charge on any atom is -0.392 e. The van der Waals surface area contributed by atoms with Crippen LogP contribution in [-0.2, 0) is 32.2 Å². The Kier molecular flexibility index (Phi) is 10.00. The van der Waals surface area contributed by atoms with Gasteiger partial charge in [0.25, 0.3) is 0 Å². The molecule has 2 heterocycles. The van der Waals surface area contributed by atoms with Crippen LogP contribution in [0.4, 0.5) is 18.9 Å². The summed E-state index contributed by atoms with van der Waals surface area (Å²) in [6, 6.07) is 23.4. The fourth-order valence-electron chi connectivity index (χ4n) is 5.73. The summed E-state index contributed by atoms with van der Waals surface area (Å²) >= 11 is 0. The van der Waals surface area contributed by atoms with Crippen molar-refractivity contribution >= 4 is 17.5 Å². The molecule has 11 heteroatoms. The fourth-order valence-corrected chi connectivity index (χ4v) is 5.73. The van der Waals surface area contributed by atoms with Crippen molar-refractivity contribution in [3.8, 4) is 0 Å². The molecule has 0 aliphatic carbocycles. The summed E-state index contributed by atoms with van der Waals surface area (Å²) in [5.41, 5.74) is 4.06. The van der Waals surface area contributed by atoms with Gasteiger partial charge in [-0.15, -0.1) is 0 Å². The maximum Gasteiger partial charge on any atom is 0.471 e.